The first kappa shape index (κ1) is 112. The SMILES string of the molecule is CC[C@H](C)[C@H](NC(=O)[C@H](CCCNC(=N)N)NC(=O)[C@@H](N)CCCNC(=N)N)C(=O)N[C@@H](CCCNC(=N)N)C(=O)N1CCC[C@H]1C(=O)N[C@@H](CCCNC(=N)N)C(=O)N1CCC[C@H]1C(=O)N1CCC[C@H]1C(=O)N[C@@H](CCCNC(=N)N)C(=O)N[C@@H](CC(C)C)C(=O)N1CCC[C@H]1C(=O)N[C@@H](CCCNC(=N)N)C(=O)N1CCC[C@H]1C(=O)N[C@@H](CCCNC(=N)N)C(=O)N1CCC[C@H]1C(=O)O. The van der Waals surface area contributed by atoms with Crippen LogP contribution in [0.2, 0.25) is 0 Å². The third-order valence-electron chi connectivity index (χ3n) is 25.1. The minimum atomic E-state index is -1.40. The molecule has 0 aromatic rings. The molecule has 16 atom stereocenters. The quantitative estimate of drug-likeness (QED) is 0.0153. The number of aliphatic carboxylic acids is 1. The number of hydrogen-bond acceptors (Lipinski definition) is 23. The molecule has 52 nitrogen and oxygen atoms in total. The maximum Gasteiger partial charge on any atom is 0.326 e. The fourth-order valence-corrected chi connectivity index (χ4v) is 17.9. The van der Waals surface area contributed by atoms with Gasteiger partial charge in [-0.15, -0.1) is 0 Å². The molecule has 6 aliphatic heterocycles. The van der Waals surface area contributed by atoms with E-state index in [1.54, 1.807) is 13.8 Å². The Balaban J connectivity index is 1.19. The first-order chi connectivity index (χ1) is 64.5. The molecule has 6 saturated heterocycles. The van der Waals surface area contributed by atoms with Gasteiger partial charge in [-0.05, 0) is 185 Å². The van der Waals surface area contributed by atoms with Crippen molar-refractivity contribution in [3.8, 4) is 0 Å². The highest BCUT2D eigenvalue weighted by atomic mass is 16.4. The summed E-state index contributed by atoms with van der Waals surface area (Å²) in [6, 6.07) is -18.7. The lowest BCUT2D eigenvalue weighted by atomic mass is 9.96. The summed E-state index contributed by atoms with van der Waals surface area (Å²) in [5.74, 6) is -14.4. The normalized spacial score (nSPS) is 20.1. The van der Waals surface area contributed by atoms with E-state index >= 15 is 28.8 Å². The average molecular weight is 1920 g/mol. The number of likely N-dealkylation sites (tertiary alicyclic amines) is 6. The van der Waals surface area contributed by atoms with E-state index in [-0.39, 0.29) is 261 Å². The zero-order valence-corrected chi connectivity index (χ0v) is 78.7. The molecule has 0 bridgehead atoms. The Morgan fingerprint density at radius 1 is 0.309 bits per heavy atom. The molecule has 0 aromatic carbocycles. The predicted octanol–water partition coefficient (Wildman–Crippen LogP) is -7.84. The molecule has 6 fully saturated rings. The average Bonchev–Trinajstić information content (AvgIpc) is 1.64. The Morgan fingerprint density at radius 3 is 0.875 bits per heavy atom. The van der Waals surface area contributed by atoms with Crippen LogP contribution in [-0.2, 0) is 71.9 Å². The maximum absolute atomic E-state index is 15.3. The van der Waals surface area contributed by atoms with E-state index in [1.165, 1.54) is 29.4 Å². The second kappa shape index (κ2) is 56.3. The van der Waals surface area contributed by atoms with Crippen LogP contribution in [0.1, 0.15) is 207 Å². The molecule has 6 rings (SSSR count). The number of carboxylic acids is 1. The van der Waals surface area contributed by atoms with Gasteiger partial charge in [-0.1, -0.05) is 34.1 Å². The fourth-order valence-electron chi connectivity index (χ4n) is 17.9. The molecule has 0 aromatic heterocycles. The number of guanidine groups is 7. The van der Waals surface area contributed by atoms with Crippen molar-refractivity contribution in [2.24, 2.45) is 57.7 Å². The highest BCUT2D eigenvalue weighted by molar-refractivity contribution is 6.02. The molecule has 0 radical (unpaired) electrons. The maximum atomic E-state index is 15.3. The van der Waals surface area contributed by atoms with Gasteiger partial charge in [0.2, 0.25) is 82.7 Å². The zero-order chi connectivity index (χ0) is 101. The lowest BCUT2D eigenvalue weighted by molar-refractivity contribution is -0.150. The predicted molar refractivity (Wildman–Crippen MR) is 502 cm³/mol. The van der Waals surface area contributed by atoms with E-state index in [9.17, 15) is 48.3 Å². The number of carbonyl (C=O) groups is 15. The topological polar surface area (TPSA) is 851 Å². The molecular formula is C84H150N36O16. The van der Waals surface area contributed by atoms with Gasteiger partial charge in [0.1, 0.15) is 84.6 Å². The second-order valence-corrected chi connectivity index (χ2v) is 35.9. The van der Waals surface area contributed by atoms with E-state index in [2.05, 4.69) is 79.8 Å². The number of carbonyl (C=O) groups excluding carboxylic acids is 14. The van der Waals surface area contributed by atoms with E-state index in [0.717, 1.165) is 0 Å². The molecule has 0 spiro atoms. The van der Waals surface area contributed by atoms with Crippen molar-refractivity contribution in [2.45, 2.75) is 298 Å². The van der Waals surface area contributed by atoms with Crippen LogP contribution >= 0.6 is 0 Å². The first-order valence-corrected chi connectivity index (χ1v) is 47.3. The van der Waals surface area contributed by atoms with Crippen molar-refractivity contribution in [3.05, 3.63) is 0 Å². The molecule has 6 heterocycles. The zero-order valence-electron chi connectivity index (χ0n) is 78.7. The van der Waals surface area contributed by atoms with Gasteiger partial charge < -0.3 is 160 Å². The first-order valence-electron chi connectivity index (χ1n) is 47.3. The van der Waals surface area contributed by atoms with E-state index in [0.29, 0.717) is 51.4 Å². The number of nitrogens with two attached hydrogens (primary N) is 8. The standard InChI is InChI=1S/C84H150N36O16/c1-5-47(4)62(114-65(123)50(21-8-34-102-80(90)91)107-63(121)48(85)19-6-32-100-78(86)87)70(128)112-54(25-12-38-106-84(98)99)72(130)116-40-14-27-57(116)67(125)110-52(23-10-36-104-82(94)95)73(131)119-43-17-30-60(119)76(134)118-42-16-29-59(118)66(124)108-49(20-7-33-101-79(88)89)64(122)113-55(45-46(2)3)75(133)117-41-15-28-58(117)69(127)109-51(22-9-35-103-81(92)93)71(129)115-39-13-26-56(115)68(126)111-53(24-11-37-105-83(96)97)74(132)120-44-18-31-61(120)77(135)136/h46-62H,5-45,85H2,1-4H3,(H,107,121)(H,108,124)(H,109,127)(H,110,125)(H,111,126)(H,112,128)(H,113,122)(H,114,123)(H,135,136)(H4,86,87,100)(H4,88,89,101)(H4,90,91,102)(H4,92,93,103)(H4,94,95,104)(H4,96,97,105)(H4,98,99,106)/t47-,48-,49-,50-,51-,52-,53-,54-,55-,56-,57-,58-,59-,60-,61-,62-/m0/s1. The van der Waals surface area contributed by atoms with E-state index < -0.39 is 185 Å². The number of rotatable bonds is 55. The third kappa shape index (κ3) is 35.3. The lowest BCUT2D eigenvalue weighted by Gasteiger charge is -2.34. The van der Waals surface area contributed by atoms with Crippen LogP contribution in [0.4, 0.5) is 0 Å². The molecular weight excluding hydrogens is 1770 g/mol. The van der Waals surface area contributed by atoms with Crippen molar-refractivity contribution in [3.63, 3.8) is 0 Å². The van der Waals surface area contributed by atoms with Crippen molar-refractivity contribution < 1.29 is 77.0 Å². The molecule has 0 unspecified atom stereocenters. The van der Waals surface area contributed by atoms with Gasteiger partial charge in [-0.25, -0.2) is 4.79 Å². The minimum absolute atomic E-state index is 0.00123. The molecule has 52 heteroatoms. The summed E-state index contributed by atoms with van der Waals surface area (Å²) < 4.78 is 0. The van der Waals surface area contributed by atoms with Gasteiger partial charge in [0.05, 0.1) is 6.04 Å². The molecule has 0 aliphatic carbocycles. The van der Waals surface area contributed by atoms with Crippen LogP contribution in [0.15, 0.2) is 0 Å². The molecule has 39 N–H and O–H groups in total. The highest BCUT2D eigenvalue weighted by Gasteiger charge is 2.49. The summed E-state index contributed by atoms with van der Waals surface area (Å²) in [7, 11) is 0. The van der Waals surface area contributed by atoms with Crippen LogP contribution in [0.5, 0.6) is 0 Å². The van der Waals surface area contributed by atoms with Gasteiger partial charge in [-0.2, -0.15) is 0 Å². The monoisotopic (exact) mass is 1920 g/mol. The van der Waals surface area contributed by atoms with Crippen molar-refractivity contribution >= 4 is 130 Å². The van der Waals surface area contributed by atoms with Gasteiger partial charge >= 0.3 is 5.97 Å². The van der Waals surface area contributed by atoms with Crippen molar-refractivity contribution in [1.82, 2.24) is 109 Å². The smallest absolute Gasteiger partial charge is 0.326 e. The molecule has 6 aliphatic rings. The number of nitrogens with zero attached hydrogens (tertiary/aromatic N) is 6. The summed E-state index contributed by atoms with van der Waals surface area (Å²) >= 11 is 0. The fraction of sp³-hybridized carbons (Fsp3) is 0.738. The summed E-state index contributed by atoms with van der Waals surface area (Å²) in [5.41, 5.74) is 45.1. The number of amides is 14. The largest absolute Gasteiger partial charge is 0.480 e. The van der Waals surface area contributed by atoms with E-state index in [4.69, 9.17) is 83.7 Å². The van der Waals surface area contributed by atoms with Gasteiger partial charge in [0, 0.05) is 85.1 Å². The Bertz CT molecular complexity index is 4200. The Kier molecular flexibility index (Phi) is 46.2. The van der Waals surface area contributed by atoms with Crippen molar-refractivity contribution in [2.75, 3.05) is 85.1 Å². The third-order valence-corrected chi connectivity index (χ3v) is 25.1. The van der Waals surface area contributed by atoms with Crippen LogP contribution in [0, 0.1) is 49.7 Å². The molecule has 136 heavy (non-hydrogen) atoms. The summed E-state index contributed by atoms with van der Waals surface area (Å²) in [5, 5.41) is 105. The number of carboxylic acid groups (broad SMARTS) is 1. The summed E-state index contributed by atoms with van der Waals surface area (Å²) in [4.78, 5) is 227. The van der Waals surface area contributed by atoms with Gasteiger partial charge in [0.15, 0.2) is 41.7 Å². The van der Waals surface area contributed by atoms with E-state index in [1.807, 2.05) is 13.8 Å². The summed E-state index contributed by atoms with van der Waals surface area (Å²) in [6.07, 6.45) is 4.43. The van der Waals surface area contributed by atoms with Crippen LogP contribution in [-0.4, -0.2) is 341 Å². The Hall–Kier alpha value is -13.1. The molecule has 0 saturated carbocycles. The summed E-state index contributed by atoms with van der Waals surface area (Å²) in [6.45, 7) is 8.27. The Morgan fingerprint density at radius 2 is 0.551 bits per heavy atom. The number of hydrogen-bond donors (Lipinski definition) is 31. The molecule has 14 amide bonds. The lowest BCUT2D eigenvalue weighted by Crippen LogP contribution is -2.61. The minimum Gasteiger partial charge on any atom is -0.480 e. The van der Waals surface area contributed by atoms with Crippen LogP contribution in [0.25, 0.3) is 0 Å². The van der Waals surface area contributed by atoms with Gasteiger partial charge in [-0.3, -0.25) is 105 Å². The molecule has 762 valence electrons. The van der Waals surface area contributed by atoms with Gasteiger partial charge in [0.25, 0.3) is 0 Å². The van der Waals surface area contributed by atoms with Crippen molar-refractivity contribution in [1.29, 1.82) is 37.9 Å². The highest BCUT2D eigenvalue weighted by Crippen LogP contribution is 2.30. The Labute approximate surface area is 792 Å². The van der Waals surface area contributed by atoms with Crippen LogP contribution < -0.4 is 126 Å². The second-order valence-electron chi connectivity index (χ2n) is 35.9. The number of nitrogens with one attached hydrogen (secondary N) is 22. The van der Waals surface area contributed by atoms with Crippen LogP contribution in [0.3, 0.4) is 0 Å².